The summed E-state index contributed by atoms with van der Waals surface area (Å²) in [4.78, 5) is 24.0. The van der Waals surface area contributed by atoms with Gasteiger partial charge in [0, 0.05) is 17.7 Å². The zero-order chi connectivity index (χ0) is 20.1. The summed E-state index contributed by atoms with van der Waals surface area (Å²) in [6.45, 7) is 3.88. The van der Waals surface area contributed by atoms with Crippen LogP contribution in [0, 0.1) is 19.7 Å². The molecule has 3 rings (SSSR count). The fourth-order valence-corrected chi connectivity index (χ4v) is 2.96. The first kappa shape index (κ1) is 19.3. The maximum absolute atomic E-state index is 12.9. The number of carbonyl (C=O) groups is 2. The average molecular weight is 380 g/mol. The Hall–Kier alpha value is -3.48. The smallest absolute Gasteiger partial charge is 0.269 e. The Kier molecular flexibility index (Phi) is 5.84. The van der Waals surface area contributed by atoms with Gasteiger partial charge in [-0.15, -0.1) is 0 Å². The molecule has 1 heterocycles. The first-order valence-corrected chi connectivity index (χ1v) is 8.91. The van der Waals surface area contributed by atoms with E-state index >= 15 is 0 Å². The molecule has 3 aromatic rings. The first-order valence-electron chi connectivity index (χ1n) is 8.91. The molecule has 0 atom stereocenters. The van der Waals surface area contributed by atoms with E-state index in [1.807, 2.05) is 48.9 Å². The highest BCUT2D eigenvalue weighted by molar-refractivity contribution is 5.95. The molecule has 0 aliphatic rings. The van der Waals surface area contributed by atoms with E-state index in [0.29, 0.717) is 6.42 Å². The van der Waals surface area contributed by atoms with Crippen molar-refractivity contribution in [3.63, 3.8) is 0 Å². The number of hydrazine groups is 1. The van der Waals surface area contributed by atoms with Gasteiger partial charge in [-0.05, 0) is 62.2 Å². The van der Waals surface area contributed by atoms with Crippen LogP contribution in [0.5, 0.6) is 0 Å². The van der Waals surface area contributed by atoms with Gasteiger partial charge in [0.2, 0.25) is 5.91 Å². The minimum atomic E-state index is -0.502. The Morgan fingerprint density at radius 2 is 1.68 bits per heavy atom. The van der Waals surface area contributed by atoms with Crippen LogP contribution in [0.1, 0.15) is 33.7 Å². The van der Waals surface area contributed by atoms with Crippen molar-refractivity contribution in [2.75, 3.05) is 0 Å². The van der Waals surface area contributed by atoms with Crippen LogP contribution in [-0.2, 0) is 11.2 Å². The third kappa shape index (κ3) is 4.43. The fraction of sp³-hybridized carbons (Fsp3) is 0.190. The fourth-order valence-electron chi connectivity index (χ4n) is 2.96. The van der Waals surface area contributed by atoms with Gasteiger partial charge in [0.05, 0.1) is 11.4 Å². The van der Waals surface area contributed by atoms with Crippen LogP contribution in [-0.4, -0.2) is 21.6 Å². The van der Waals surface area contributed by atoms with Crippen molar-refractivity contribution in [2.45, 2.75) is 26.7 Å². The third-order valence-electron chi connectivity index (χ3n) is 4.47. The van der Waals surface area contributed by atoms with Gasteiger partial charge in [0.25, 0.3) is 5.91 Å². The quantitative estimate of drug-likeness (QED) is 0.668. The van der Waals surface area contributed by atoms with Crippen molar-refractivity contribution in [1.82, 2.24) is 20.6 Å². The molecule has 0 bridgehead atoms. The molecule has 0 spiro atoms. The molecule has 144 valence electrons. The lowest BCUT2D eigenvalue weighted by atomic mass is 10.1. The summed E-state index contributed by atoms with van der Waals surface area (Å²) in [5.74, 6) is -1.25. The molecule has 0 saturated heterocycles. The highest BCUT2D eigenvalue weighted by atomic mass is 19.1. The summed E-state index contributed by atoms with van der Waals surface area (Å²) >= 11 is 0. The molecular formula is C21H21FN4O2. The largest absolute Gasteiger partial charge is 0.273 e. The summed E-state index contributed by atoms with van der Waals surface area (Å²) in [5, 5.41) is 4.56. The van der Waals surface area contributed by atoms with E-state index in [4.69, 9.17) is 0 Å². The summed E-state index contributed by atoms with van der Waals surface area (Å²) in [6.07, 6.45) is 0.703. The number of aromatic nitrogens is 2. The molecule has 7 heteroatoms. The highest BCUT2D eigenvalue weighted by Gasteiger charge is 2.14. The lowest BCUT2D eigenvalue weighted by Gasteiger charge is -2.08. The molecular weight excluding hydrogens is 359 g/mol. The number of benzene rings is 2. The van der Waals surface area contributed by atoms with E-state index in [1.165, 1.54) is 24.3 Å². The number of amides is 2. The van der Waals surface area contributed by atoms with Crippen LogP contribution in [0.15, 0.2) is 54.6 Å². The highest BCUT2D eigenvalue weighted by Crippen LogP contribution is 2.19. The molecule has 6 nitrogen and oxygen atoms in total. The van der Waals surface area contributed by atoms with Crippen LogP contribution in [0.2, 0.25) is 0 Å². The molecule has 0 unspecified atom stereocenters. The van der Waals surface area contributed by atoms with Crippen LogP contribution in [0.3, 0.4) is 0 Å². The minimum Gasteiger partial charge on any atom is -0.273 e. The normalized spacial score (nSPS) is 10.5. The number of rotatable bonds is 5. The summed E-state index contributed by atoms with van der Waals surface area (Å²) in [7, 11) is 0. The summed E-state index contributed by atoms with van der Waals surface area (Å²) in [6, 6.07) is 14.9. The summed E-state index contributed by atoms with van der Waals surface area (Å²) < 4.78 is 14.8. The van der Waals surface area contributed by atoms with Crippen molar-refractivity contribution in [1.29, 1.82) is 0 Å². The van der Waals surface area contributed by atoms with Gasteiger partial charge in [0.1, 0.15) is 5.82 Å². The Morgan fingerprint density at radius 1 is 1.00 bits per heavy atom. The van der Waals surface area contributed by atoms with Gasteiger partial charge in [0.15, 0.2) is 0 Å². The maximum Gasteiger partial charge on any atom is 0.269 e. The van der Waals surface area contributed by atoms with E-state index in [0.717, 1.165) is 22.6 Å². The van der Waals surface area contributed by atoms with Gasteiger partial charge in [-0.2, -0.15) is 5.10 Å². The number of nitrogens with one attached hydrogen (secondary N) is 2. The Morgan fingerprint density at radius 3 is 2.36 bits per heavy atom. The van der Waals surface area contributed by atoms with Crippen LogP contribution >= 0.6 is 0 Å². The number of hydrogen-bond acceptors (Lipinski definition) is 3. The number of hydrogen-bond donors (Lipinski definition) is 2. The van der Waals surface area contributed by atoms with Crippen LogP contribution in [0.25, 0.3) is 5.69 Å². The van der Waals surface area contributed by atoms with E-state index in [1.54, 1.807) is 0 Å². The van der Waals surface area contributed by atoms with Gasteiger partial charge in [-0.1, -0.05) is 18.2 Å². The molecule has 2 aromatic carbocycles. The van der Waals surface area contributed by atoms with E-state index in [2.05, 4.69) is 16.0 Å². The molecule has 1 aromatic heterocycles. The number of halogens is 1. The molecule has 2 N–H and O–H groups in total. The van der Waals surface area contributed by atoms with Crippen molar-refractivity contribution in [3.05, 3.63) is 82.9 Å². The van der Waals surface area contributed by atoms with Gasteiger partial charge in [-0.3, -0.25) is 20.4 Å². The maximum atomic E-state index is 12.9. The molecule has 0 aliphatic carbocycles. The van der Waals surface area contributed by atoms with E-state index in [9.17, 15) is 14.0 Å². The van der Waals surface area contributed by atoms with Crippen LogP contribution in [0.4, 0.5) is 4.39 Å². The number of para-hydroxylation sites is 1. The predicted octanol–water partition coefficient (Wildman–Crippen LogP) is 3.02. The summed E-state index contributed by atoms with van der Waals surface area (Å²) in [5.41, 5.74) is 8.79. The SMILES string of the molecule is Cc1nn(-c2ccccc2)c(C)c1CCC(=O)NNC(=O)c1ccc(F)cc1. The topological polar surface area (TPSA) is 76.0 Å². The number of nitrogens with zero attached hydrogens (tertiary/aromatic N) is 2. The lowest BCUT2D eigenvalue weighted by molar-refractivity contribution is -0.121. The van der Waals surface area contributed by atoms with Crippen molar-refractivity contribution in [3.8, 4) is 5.69 Å². The second-order valence-corrected chi connectivity index (χ2v) is 6.41. The Bertz CT molecular complexity index is 982. The second-order valence-electron chi connectivity index (χ2n) is 6.41. The number of aryl methyl sites for hydroxylation is 1. The first-order chi connectivity index (χ1) is 13.5. The minimum absolute atomic E-state index is 0.200. The third-order valence-corrected chi connectivity index (χ3v) is 4.47. The zero-order valence-electron chi connectivity index (χ0n) is 15.7. The second kappa shape index (κ2) is 8.47. The average Bonchev–Trinajstić information content (AvgIpc) is 2.99. The molecule has 2 amide bonds. The van der Waals surface area contributed by atoms with Crippen LogP contribution < -0.4 is 10.9 Å². The van der Waals surface area contributed by atoms with Gasteiger partial charge < -0.3 is 0 Å². The zero-order valence-corrected chi connectivity index (χ0v) is 15.7. The molecule has 0 radical (unpaired) electrons. The van der Waals surface area contributed by atoms with E-state index < -0.39 is 11.7 Å². The van der Waals surface area contributed by atoms with Gasteiger partial charge >= 0.3 is 0 Å². The van der Waals surface area contributed by atoms with Crippen molar-refractivity contribution < 1.29 is 14.0 Å². The molecule has 0 aliphatic heterocycles. The molecule has 0 saturated carbocycles. The monoisotopic (exact) mass is 380 g/mol. The van der Waals surface area contributed by atoms with Crippen molar-refractivity contribution in [2.24, 2.45) is 0 Å². The molecule has 0 fully saturated rings. The Balaban J connectivity index is 1.57. The van der Waals surface area contributed by atoms with Crippen molar-refractivity contribution >= 4 is 11.8 Å². The molecule has 28 heavy (non-hydrogen) atoms. The predicted molar refractivity (Wildman–Crippen MR) is 103 cm³/mol. The number of carbonyl (C=O) groups excluding carboxylic acids is 2. The van der Waals surface area contributed by atoms with E-state index in [-0.39, 0.29) is 17.9 Å². The lowest BCUT2D eigenvalue weighted by Crippen LogP contribution is -2.41. The Labute approximate surface area is 162 Å². The standard InChI is InChI=1S/C21H21FN4O2/c1-14-19(15(2)26(25-14)18-6-4-3-5-7-18)12-13-20(27)23-24-21(28)16-8-10-17(22)11-9-16/h3-11H,12-13H2,1-2H3,(H,23,27)(H,24,28). The van der Waals surface area contributed by atoms with Gasteiger partial charge in [-0.25, -0.2) is 9.07 Å².